The van der Waals surface area contributed by atoms with E-state index in [9.17, 15) is 32.8 Å². The Kier molecular flexibility index (Phi) is 9.11. The van der Waals surface area contributed by atoms with Gasteiger partial charge >= 0.3 is 6.18 Å². The van der Waals surface area contributed by atoms with E-state index in [4.69, 9.17) is 0 Å². The highest BCUT2D eigenvalue weighted by molar-refractivity contribution is 6.04. The van der Waals surface area contributed by atoms with Crippen LogP contribution in [0.15, 0.2) is 23.3 Å². The zero-order valence-corrected chi connectivity index (χ0v) is 27.8. The molecule has 0 aromatic heterocycles. The molecular formula is C35H51F3N2O3. The Labute approximate surface area is 256 Å². The van der Waals surface area contributed by atoms with Crippen molar-refractivity contribution in [3.05, 3.63) is 23.3 Å². The molecule has 5 atom stereocenters. The summed E-state index contributed by atoms with van der Waals surface area (Å²) < 4.78 is 39.6. The standard InChI is InChI=1S/C35H51F3N2O3/c1-22-18-29(3,4)13-15-34(22,40-27(42)20-35(36,37)38)16-14-30(5,6)33(10)12-11-25-31(7,8)28(43)24(21-39)19-32(25,9)26(33)17-23(2)41/h17,19,22,25H,11-16,18,20H2,1-10H3,(H,40,42)/b26-17-/t22?,25-,32-,33+,34-/m0/s1. The minimum atomic E-state index is -4.58. The fourth-order valence-electron chi connectivity index (χ4n) is 8.98. The van der Waals surface area contributed by atoms with E-state index in [1.807, 2.05) is 27.7 Å². The molecule has 0 aromatic rings. The normalized spacial score (nSPS) is 35.0. The van der Waals surface area contributed by atoms with Gasteiger partial charge in [-0.15, -0.1) is 0 Å². The third-order valence-corrected chi connectivity index (χ3v) is 11.9. The van der Waals surface area contributed by atoms with Gasteiger partial charge in [-0.25, -0.2) is 0 Å². The fourth-order valence-corrected chi connectivity index (χ4v) is 8.98. The number of alkyl halides is 3. The van der Waals surface area contributed by atoms with Crippen LogP contribution >= 0.6 is 0 Å². The van der Waals surface area contributed by atoms with Crippen molar-refractivity contribution in [2.75, 3.05) is 0 Å². The van der Waals surface area contributed by atoms with Gasteiger partial charge in [-0.2, -0.15) is 18.4 Å². The first-order valence-electron chi connectivity index (χ1n) is 15.6. The lowest BCUT2D eigenvalue weighted by Gasteiger charge is -2.61. The van der Waals surface area contributed by atoms with Crippen LogP contribution in [0, 0.1) is 50.2 Å². The van der Waals surface area contributed by atoms with Crippen LogP contribution in [-0.4, -0.2) is 29.2 Å². The van der Waals surface area contributed by atoms with Gasteiger partial charge in [-0.3, -0.25) is 14.4 Å². The van der Waals surface area contributed by atoms with Crippen molar-refractivity contribution in [2.45, 2.75) is 132 Å². The first kappa shape index (κ1) is 35.1. The number of nitrogens with zero attached hydrogens (tertiary/aromatic N) is 1. The van der Waals surface area contributed by atoms with E-state index in [0.29, 0.717) is 25.7 Å². The number of rotatable bonds is 7. The number of amides is 1. The Bertz CT molecular complexity index is 1270. The van der Waals surface area contributed by atoms with Crippen molar-refractivity contribution in [2.24, 2.45) is 38.9 Å². The molecule has 1 amide bonds. The molecule has 8 heteroatoms. The molecule has 2 fully saturated rings. The third kappa shape index (κ3) is 6.52. The smallest absolute Gasteiger partial charge is 0.350 e. The van der Waals surface area contributed by atoms with Gasteiger partial charge in [0.2, 0.25) is 5.91 Å². The molecule has 0 radical (unpaired) electrons. The predicted molar refractivity (Wildman–Crippen MR) is 162 cm³/mol. The van der Waals surface area contributed by atoms with Gasteiger partial charge in [-0.05, 0) is 86.0 Å². The number of nitriles is 1. The molecule has 0 heterocycles. The molecule has 3 aliphatic carbocycles. The third-order valence-electron chi connectivity index (χ3n) is 11.9. The summed E-state index contributed by atoms with van der Waals surface area (Å²) in [6.45, 7) is 20.1. The van der Waals surface area contributed by atoms with Crippen LogP contribution < -0.4 is 5.32 Å². The topological polar surface area (TPSA) is 87.0 Å². The van der Waals surface area contributed by atoms with E-state index < -0.39 is 45.7 Å². The lowest BCUT2D eigenvalue weighted by Crippen LogP contribution is -2.58. The van der Waals surface area contributed by atoms with Crippen LogP contribution in [0.1, 0.15) is 121 Å². The minimum Gasteiger partial charge on any atom is -0.350 e. The SMILES string of the molecule is CC(=O)/C=C1/[C@@]2(C)C=C(C#N)C(=O)C(C)(C)[C@@H]2CC[C@@]1(C)C(C)(C)CC[C@@]1(NC(=O)CC(F)(F)F)CCC(C)(C)CC1C. The lowest BCUT2D eigenvalue weighted by molar-refractivity contribution is -0.156. The predicted octanol–water partition coefficient (Wildman–Crippen LogP) is 8.44. The second-order valence-electron chi connectivity index (χ2n) is 16.2. The first-order chi connectivity index (χ1) is 19.4. The van der Waals surface area contributed by atoms with Crippen molar-refractivity contribution in [3.8, 4) is 6.07 Å². The van der Waals surface area contributed by atoms with Crippen LogP contribution in [0.3, 0.4) is 0 Å². The Morgan fingerprint density at radius 3 is 2.21 bits per heavy atom. The zero-order chi connectivity index (χ0) is 33.0. The Morgan fingerprint density at radius 1 is 1.09 bits per heavy atom. The molecule has 0 saturated heterocycles. The summed E-state index contributed by atoms with van der Waals surface area (Å²) in [5.41, 5.74) is -2.19. The van der Waals surface area contributed by atoms with Crippen LogP contribution in [0.5, 0.6) is 0 Å². The minimum absolute atomic E-state index is 0.0243. The van der Waals surface area contributed by atoms with Gasteiger partial charge in [0.25, 0.3) is 0 Å². The average Bonchev–Trinajstić information content (AvgIpc) is 2.83. The molecular weight excluding hydrogens is 553 g/mol. The van der Waals surface area contributed by atoms with E-state index in [-0.39, 0.29) is 34.4 Å². The average molecular weight is 605 g/mol. The van der Waals surface area contributed by atoms with Gasteiger partial charge < -0.3 is 5.32 Å². The molecule has 240 valence electrons. The van der Waals surface area contributed by atoms with Crippen molar-refractivity contribution >= 4 is 17.5 Å². The molecule has 1 N–H and O–H groups in total. The van der Waals surface area contributed by atoms with Crippen molar-refractivity contribution in [3.63, 3.8) is 0 Å². The number of nitrogens with one attached hydrogen (secondary N) is 1. The number of hydrogen-bond acceptors (Lipinski definition) is 4. The van der Waals surface area contributed by atoms with Gasteiger partial charge in [0.15, 0.2) is 11.6 Å². The first-order valence-corrected chi connectivity index (χ1v) is 15.6. The lowest BCUT2D eigenvalue weighted by atomic mass is 9.42. The number of halogens is 3. The summed E-state index contributed by atoms with van der Waals surface area (Å²) in [5.74, 6) is -1.40. The van der Waals surface area contributed by atoms with Gasteiger partial charge in [-0.1, -0.05) is 74.0 Å². The van der Waals surface area contributed by atoms with E-state index in [1.165, 1.54) is 6.92 Å². The molecule has 5 nitrogen and oxygen atoms in total. The molecule has 0 aliphatic heterocycles. The van der Waals surface area contributed by atoms with Gasteiger partial charge in [0.05, 0.1) is 5.57 Å². The van der Waals surface area contributed by atoms with E-state index in [1.54, 1.807) is 12.2 Å². The van der Waals surface area contributed by atoms with Crippen LogP contribution in [0.25, 0.3) is 0 Å². The van der Waals surface area contributed by atoms with E-state index in [2.05, 4.69) is 46.0 Å². The number of carbonyl (C=O) groups is 3. The highest BCUT2D eigenvalue weighted by atomic mass is 19.4. The number of fused-ring (bicyclic) bond motifs is 1. The molecule has 3 aliphatic rings. The van der Waals surface area contributed by atoms with Gasteiger partial charge in [0.1, 0.15) is 12.5 Å². The summed E-state index contributed by atoms with van der Waals surface area (Å²) in [7, 11) is 0. The largest absolute Gasteiger partial charge is 0.397 e. The van der Waals surface area contributed by atoms with Crippen LogP contribution in [-0.2, 0) is 14.4 Å². The monoisotopic (exact) mass is 604 g/mol. The number of Topliss-reactive ketones (excluding diaryl/α,β-unsaturated/α-hetero) is 1. The maximum absolute atomic E-state index is 13.2. The van der Waals surface area contributed by atoms with Crippen LogP contribution in [0.2, 0.25) is 0 Å². The Morgan fingerprint density at radius 2 is 1.70 bits per heavy atom. The van der Waals surface area contributed by atoms with Crippen LogP contribution in [0.4, 0.5) is 13.2 Å². The number of allylic oxidation sites excluding steroid dienone is 4. The summed E-state index contributed by atoms with van der Waals surface area (Å²) >= 11 is 0. The number of ketones is 2. The van der Waals surface area contributed by atoms with Crippen molar-refractivity contribution < 1.29 is 27.6 Å². The maximum atomic E-state index is 13.2. The molecule has 43 heavy (non-hydrogen) atoms. The number of carbonyl (C=O) groups excluding carboxylic acids is 3. The van der Waals surface area contributed by atoms with Crippen molar-refractivity contribution in [1.29, 1.82) is 5.26 Å². The van der Waals surface area contributed by atoms with Crippen molar-refractivity contribution in [1.82, 2.24) is 5.32 Å². The molecule has 0 spiro atoms. The highest BCUT2D eigenvalue weighted by Gasteiger charge is 2.61. The Balaban J connectivity index is 2.06. The van der Waals surface area contributed by atoms with Gasteiger partial charge in [0, 0.05) is 16.4 Å². The van der Waals surface area contributed by atoms with E-state index in [0.717, 1.165) is 24.8 Å². The summed E-state index contributed by atoms with van der Waals surface area (Å²) in [6, 6.07) is 2.11. The second kappa shape index (κ2) is 11.2. The zero-order valence-electron chi connectivity index (χ0n) is 27.8. The number of hydrogen-bond donors (Lipinski definition) is 1. The summed E-state index contributed by atoms with van der Waals surface area (Å²) in [6.07, 6.45) is 2.10. The van der Waals surface area contributed by atoms with E-state index >= 15 is 0 Å². The molecule has 3 rings (SSSR count). The summed E-state index contributed by atoms with van der Waals surface area (Å²) in [5, 5.41) is 12.8. The highest BCUT2D eigenvalue weighted by Crippen LogP contribution is 2.67. The Hall–Kier alpha value is -2.43. The quantitative estimate of drug-likeness (QED) is 0.296. The second-order valence-corrected chi connectivity index (χ2v) is 16.2. The maximum Gasteiger partial charge on any atom is 0.397 e. The molecule has 2 saturated carbocycles. The summed E-state index contributed by atoms with van der Waals surface area (Å²) in [4.78, 5) is 38.7. The molecule has 1 unspecified atom stereocenters. The fraction of sp³-hybridized carbons (Fsp3) is 0.771. The molecule has 0 aromatic carbocycles. The molecule has 0 bridgehead atoms.